The van der Waals surface area contributed by atoms with Crippen LogP contribution in [0.1, 0.15) is 62.9 Å². The topological polar surface area (TPSA) is 80.9 Å². The van der Waals surface area contributed by atoms with Crippen LogP contribution in [0.25, 0.3) is 22.3 Å². The fraction of sp³-hybridized carbons (Fsp3) is 0.211. The van der Waals surface area contributed by atoms with E-state index < -0.39 is 5.92 Å². The molecule has 0 saturated carbocycles. The molecule has 42 heavy (non-hydrogen) atoms. The van der Waals surface area contributed by atoms with Crippen molar-refractivity contribution >= 4 is 0 Å². The van der Waals surface area contributed by atoms with Gasteiger partial charge in [-0.3, -0.25) is 0 Å². The molecule has 5 aromatic rings. The molecule has 0 aliphatic carbocycles. The van der Waals surface area contributed by atoms with Crippen LogP contribution in [-0.4, -0.2) is 20.4 Å². The van der Waals surface area contributed by atoms with Gasteiger partial charge in [-0.15, -0.1) is 0 Å². The van der Waals surface area contributed by atoms with Crippen molar-refractivity contribution in [3.05, 3.63) is 129 Å². The molecule has 5 aromatic carbocycles. The quantitative estimate of drug-likeness (QED) is 0.157. The van der Waals surface area contributed by atoms with Crippen molar-refractivity contribution in [1.29, 1.82) is 0 Å². The van der Waals surface area contributed by atoms with Gasteiger partial charge in [-0.1, -0.05) is 37.3 Å². The molecule has 0 heterocycles. The summed E-state index contributed by atoms with van der Waals surface area (Å²) < 4.78 is 0. The highest BCUT2D eigenvalue weighted by Gasteiger charge is 2.26. The first-order valence-corrected chi connectivity index (χ1v) is 14.4. The molecule has 214 valence electrons. The lowest BCUT2D eigenvalue weighted by molar-refractivity contribution is 0.454. The van der Waals surface area contributed by atoms with Gasteiger partial charge in [-0.05, 0) is 151 Å². The predicted molar refractivity (Wildman–Crippen MR) is 171 cm³/mol. The van der Waals surface area contributed by atoms with Gasteiger partial charge in [0, 0.05) is 17.0 Å². The van der Waals surface area contributed by atoms with Crippen molar-refractivity contribution in [2.24, 2.45) is 0 Å². The molecule has 0 radical (unpaired) electrons. The lowest BCUT2D eigenvalue weighted by atomic mass is 9.80. The molecule has 0 aliphatic rings. The Balaban J connectivity index is 1.78. The molecule has 4 nitrogen and oxygen atoms in total. The number of benzene rings is 5. The second-order valence-corrected chi connectivity index (χ2v) is 11.4. The molecule has 0 fully saturated rings. The molecular formula is C38H38O4. The Bertz CT molecular complexity index is 1780. The fourth-order valence-electron chi connectivity index (χ4n) is 5.97. The number of hydrogen-bond acceptors (Lipinski definition) is 4. The van der Waals surface area contributed by atoms with E-state index in [0.717, 1.165) is 61.2 Å². The van der Waals surface area contributed by atoms with E-state index in [2.05, 4.69) is 0 Å². The minimum atomic E-state index is -0.466. The first-order chi connectivity index (χ1) is 20.0. The third-order valence-corrected chi connectivity index (χ3v) is 8.33. The van der Waals surface area contributed by atoms with Crippen molar-refractivity contribution in [3.63, 3.8) is 0 Å². The molecule has 0 saturated heterocycles. The van der Waals surface area contributed by atoms with Crippen LogP contribution in [0.3, 0.4) is 0 Å². The van der Waals surface area contributed by atoms with Crippen LogP contribution in [0.4, 0.5) is 0 Å². The van der Waals surface area contributed by atoms with E-state index in [1.54, 1.807) is 0 Å². The predicted octanol–water partition coefficient (Wildman–Crippen LogP) is 9.13. The van der Waals surface area contributed by atoms with E-state index in [1.165, 1.54) is 0 Å². The number of phenols is 4. The molecule has 0 aliphatic heterocycles. The lowest BCUT2D eigenvalue weighted by Gasteiger charge is -2.24. The van der Waals surface area contributed by atoms with Crippen molar-refractivity contribution in [2.75, 3.05) is 0 Å². The Labute approximate surface area is 248 Å². The maximum absolute atomic E-state index is 11.6. The SMILES string of the molecule is CCc1cc(-c2cc(C)c(O)c(C(c3ccccc3)c3cc(-c4cc(C)c(O)c(C)c4)cc(C)c3O)c2)cc(C)c1O. The number of phenolic OH excluding ortho intramolecular Hbond substituents is 4. The smallest absolute Gasteiger partial charge is 0.122 e. The van der Waals surface area contributed by atoms with Crippen molar-refractivity contribution in [2.45, 2.75) is 53.9 Å². The lowest BCUT2D eigenvalue weighted by Crippen LogP contribution is -2.06. The Morgan fingerprint density at radius 2 is 0.857 bits per heavy atom. The third-order valence-electron chi connectivity index (χ3n) is 8.33. The zero-order chi connectivity index (χ0) is 30.3. The first-order valence-electron chi connectivity index (χ1n) is 14.4. The van der Waals surface area contributed by atoms with Gasteiger partial charge in [0.05, 0.1) is 0 Å². The van der Waals surface area contributed by atoms with Crippen LogP contribution < -0.4 is 0 Å². The van der Waals surface area contributed by atoms with E-state index in [0.29, 0.717) is 23.3 Å². The van der Waals surface area contributed by atoms with E-state index in [4.69, 9.17) is 0 Å². The van der Waals surface area contributed by atoms with Gasteiger partial charge in [0.25, 0.3) is 0 Å². The van der Waals surface area contributed by atoms with Crippen molar-refractivity contribution < 1.29 is 20.4 Å². The van der Waals surface area contributed by atoms with Crippen LogP contribution in [0.15, 0.2) is 78.9 Å². The van der Waals surface area contributed by atoms with Gasteiger partial charge in [-0.25, -0.2) is 0 Å². The molecule has 5 rings (SSSR count). The highest BCUT2D eigenvalue weighted by molar-refractivity contribution is 5.74. The standard InChI is InChI=1S/C38H38O4/c1-7-26-18-29(15-23(4)36(26)40)31-17-25(6)38(42)33(20-31)34(27-11-9-8-10-12-27)32-19-30(16-24(5)37(32)41)28-13-21(2)35(39)22(3)14-28/h8-20,34,39-42H,7H2,1-6H3. The minimum absolute atomic E-state index is 0.177. The summed E-state index contributed by atoms with van der Waals surface area (Å²) in [6.07, 6.45) is 0.702. The Hall–Kier alpha value is -4.70. The summed E-state index contributed by atoms with van der Waals surface area (Å²) in [5, 5.41) is 44.0. The first kappa shape index (κ1) is 28.8. The molecule has 4 heteroatoms. The van der Waals surface area contributed by atoms with Gasteiger partial charge >= 0.3 is 0 Å². The fourth-order valence-corrected chi connectivity index (χ4v) is 5.97. The van der Waals surface area contributed by atoms with Gasteiger partial charge in [-0.2, -0.15) is 0 Å². The Morgan fingerprint density at radius 3 is 1.31 bits per heavy atom. The molecular weight excluding hydrogens is 520 g/mol. The van der Waals surface area contributed by atoms with E-state index in [1.807, 2.05) is 120 Å². The minimum Gasteiger partial charge on any atom is -0.507 e. The Kier molecular flexibility index (Phi) is 7.74. The third kappa shape index (κ3) is 5.21. The Morgan fingerprint density at radius 1 is 0.476 bits per heavy atom. The van der Waals surface area contributed by atoms with E-state index >= 15 is 0 Å². The van der Waals surface area contributed by atoms with Gasteiger partial charge in [0.1, 0.15) is 23.0 Å². The number of aromatic hydroxyl groups is 4. The van der Waals surface area contributed by atoms with Crippen molar-refractivity contribution in [1.82, 2.24) is 0 Å². The summed E-state index contributed by atoms with van der Waals surface area (Å²) in [4.78, 5) is 0. The van der Waals surface area contributed by atoms with Crippen LogP contribution >= 0.6 is 0 Å². The molecule has 1 atom stereocenters. The van der Waals surface area contributed by atoms with Crippen molar-refractivity contribution in [3.8, 4) is 45.3 Å². The maximum Gasteiger partial charge on any atom is 0.122 e. The number of hydrogen-bond donors (Lipinski definition) is 4. The van der Waals surface area contributed by atoms with Gasteiger partial charge in [0.2, 0.25) is 0 Å². The van der Waals surface area contributed by atoms with Crippen LogP contribution in [0.5, 0.6) is 23.0 Å². The second-order valence-electron chi connectivity index (χ2n) is 11.4. The van der Waals surface area contributed by atoms with Crippen LogP contribution in [0.2, 0.25) is 0 Å². The average molecular weight is 559 g/mol. The van der Waals surface area contributed by atoms with Crippen LogP contribution in [-0.2, 0) is 6.42 Å². The molecule has 1 unspecified atom stereocenters. The zero-order valence-electron chi connectivity index (χ0n) is 25.1. The van der Waals surface area contributed by atoms with Gasteiger partial charge in [0.15, 0.2) is 0 Å². The van der Waals surface area contributed by atoms with E-state index in [-0.39, 0.29) is 17.2 Å². The largest absolute Gasteiger partial charge is 0.507 e. The normalized spacial score (nSPS) is 12.0. The molecule has 4 N–H and O–H groups in total. The molecule has 0 amide bonds. The highest BCUT2D eigenvalue weighted by Crippen LogP contribution is 2.46. The summed E-state index contributed by atoms with van der Waals surface area (Å²) >= 11 is 0. The average Bonchev–Trinajstić information content (AvgIpc) is 2.97. The number of aryl methyl sites for hydroxylation is 6. The summed E-state index contributed by atoms with van der Waals surface area (Å²) in [6, 6.07) is 25.7. The molecule has 0 bridgehead atoms. The number of rotatable bonds is 6. The summed E-state index contributed by atoms with van der Waals surface area (Å²) in [5.41, 5.74) is 10.7. The highest BCUT2D eigenvalue weighted by atomic mass is 16.3. The monoisotopic (exact) mass is 558 g/mol. The summed E-state index contributed by atoms with van der Waals surface area (Å²) in [6.45, 7) is 11.5. The maximum atomic E-state index is 11.6. The second kappa shape index (κ2) is 11.3. The van der Waals surface area contributed by atoms with E-state index in [9.17, 15) is 20.4 Å². The summed E-state index contributed by atoms with van der Waals surface area (Å²) in [5.74, 6) is 0.487. The van der Waals surface area contributed by atoms with Gasteiger partial charge < -0.3 is 20.4 Å². The molecule has 0 aromatic heterocycles. The van der Waals surface area contributed by atoms with Crippen LogP contribution in [0, 0.1) is 34.6 Å². The zero-order valence-corrected chi connectivity index (χ0v) is 25.1. The molecule has 0 spiro atoms. The summed E-state index contributed by atoms with van der Waals surface area (Å²) in [7, 11) is 0.